The van der Waals surface area contributed by atoms with Crippen molar-refractivity contribution in [2.75, 3.05) is 26.2 Å². The lowest BCUT2D eigenvalue weighted by atomic mass is 9.73. The molecule has 11 heteroatoms. The van der Waals surface area contributed by atoms with Gasteiger partial charge in [0.15, 0.2) is 0 Å². The molecule has 11 nitrogen and oxygen atoms in total. The van der Waals surface area contributed by atoms with Gasteiger partial charge in [-0.3, -0.25) is 19.2 Å². The topological polar surface area (TPSA) is 159 Å². The van der Waals surface area contributed by atoms with Gasteiger partial charge in [-0.05, 0) is 63.1 Å². The number of carbonyl (C=O) groups excluding carboxylic acids is 3. The highest BCUT2D eigenvalue weighted by Crippen LogP contribution is 2.38. The van der Waals surface area contributed by atoms with Crippen molar-refractivity contribution in [2.45, 2.75) is 64.2 Å². The second kappa shape index (κ2) is 12.5. The number of nitrogens with one attached hydrogen (secondary N) is 2. The second-order valence-electron chi connectivity index (χ2n) is 12.3. The van der Waals surface area contributed by atoms with Crippen LogP contribution in [0, 0.1) is 13.8 Å². The molecule has 1 fully saturated rings. The van der Waals surface area contributed by atoms with Crippen molar-refractivity contribution in [2.24, 2.45) is 0 Å². The second-order valence-corrected chi connectivity index (χ2v) is 12.3. The summed E-state index contributed by atoms with van der Waals surface area (Å²) in [6.07, 6.45) is 4.25. The van der Waals surface area contributed by atoms with Crippen LogP contribution in [0.5, 0.6) is 0 Å². The molecule has 0 bridgehead atoms. The number of carboxylic acids is 1. The number of hydrogen-bond donors (Lipinski definition) is 3. The SMILES string of the molecule is Cc1c(CC(=O)NCC(=O)NCC(=O)N2CCC(C(=O)O)(c3ccccc3)CC2)c(=O)oc2c(C)c3oc4c(c3cc12)CCCC4. The number of rotatable bonds is 8. The molecule has 1 aliphatic carbocycles. The van der Waals surface area contributed by atoms with Gasteiger partial charge in [-0.2, -0.15) is 0 Å². The van der Waals surface area contributed by atoms with Crippen LogP contribution in [0.25, 0.3) is 21.9 Å². The Morgan fingerprint density at radius 1 is 0.870 bits per heavy atom. The van der Waals surface area contributed by atoms with Crippen molar-refractivity contribution in [1.29, 1.82) is 0 Å². The minimum Gasteiger partial charge on any atom is -0.481 e. The maximum atomic E-state index is 13.0. The van der Waals surface area contributed by atoms with Gasteiger partial charge < -0.3 is 29.5 Å². The van der Waals surface area contributed by atoms with E-state index in [1.807, 2.05) is 19.1 Å². The van der Waals surface area contributed by atoms with E-state index >= 15 is 0 Å². The van der Waals surface area contributed by atoms with E-state index in [0.29, 0.717) is 16.7 Å². The van der Waals surface area contributed by atoms with Crippen molar-refractivity contribution in [3.8, 4) is 0 Å². The number of aliphatic carboxylic acids is 1. The summed E-state index contributed by atoms with van der Waals surface area (Å²) in [4.78, 5) is 64.7. The van der Waals surface area contributed by atoms with Gasteiger partial charge in [0.25, 0.3) is 0 Å². The van der Waals surface area contributed by atoms with Crippen LogP contribution in [-0.4, -0.2) is 59.9 Å². The quantitative estimate of drug-likeness (QED) is 0.251. The highest BCUT2D eigenvalue weighted by Gasteiger charge is 2.43. The van der Waals surface area contributed by atoms with E-state index in [4.69, 9.17) is 8.83 Å². The number of fused-ring (bicyclic) bond motifs is 4. The van der Waals surface area contributed by atoms with E-state index in [1.165, 1.54) is 5.56 Å². The van der Waals surface area contributed by atoms with Crippen molar-refractivity contribution in [1.82, 2.24) is 15.5 Å². The minimum absolute atomic E-state index is 0.217. The first kappa shape index (κ1) is 31.1. The number of amides is 3. The molecule has 1 aliphatic heterocycles. The standard InChI is InChI=1S/C35H37N3O8/c1-20-24-16-26-23-10-6-7-11-27(23)45-32(26)21(2)31(24)46-33(42)25(20)17-28(39)36-18-29(40)37-19-30(41)38-14-12-35(13-15-38,34(43)44)22-8-4-3-5-9-22/h3-5,8-9,16H,6-7,10-15,17-19H2,1-2H3,(H,36,39)(H,37,40)(H,43,44). The van der Waals surface area contributed by atoms with Gasteiger partial charge in [0.05, 0.1) is 30.5 Å². The molecular formula is C35H37N3O8. The van der Waals surface area contributed by atoms with Crippen molar-refractivity contribution < 1.29 is 33.1 Å². The van der Waals surface area contributed by atoms with E-state index in [2.05, 4.69) is 10.6 Å². The summed E-state index contributed by atoms with van der Waals surface area (Å²) in [5.74, 6) is -1.36. The fraction of sp³-hybridized carbons (Fsp3) is 0.400. The van der Waals surface area contributed by atoms with Gasteiger partial charge in [0.2, 0.25) is 17.7 Å². The first-order chi connectivity index (χ1) is 22.1. The van der Waals surface area contributed by atoms with Gasteiger partial charge in [-0.25, -0.2) is 4.79 Å². The summed E-state index contributed by atoms with van der Waals surface area (Å²) < 4.78 is 11.8. The molecule has 1 saturated heterocycles. The Bertz CT molecular complexity index is 1920. The summed E-state index contributed by atoms with van der Waals surface area (Å²) >= 11 is 0. The molecule has 0 saturated carbocycles. The van der Waals surface area contributed by atoms with E-state index < -0.39 is 28.8 Å². The highest BCUT2D eigenvalue weighted by molar-refractivity contribution is 6.00. The van der Waals surface area contributed by atoms with Crippen LogP contribution in [-0.2, 0) is 43.9 Å². The van der Waals surface area contributed by atoms with Gasteiger partial charge >= 0.3 is 11.6 Å². The molecule has 2 aliphatic rings. The lowest BCUT2D eigenvalue weighted by Gasteiger charge is -2.39. The Morgan fingerprint density at radius 3 is 2.26 bits per heavy atom. The van der Waals surface area contributed by atoms with Gasteiger partial charge in [-0.1, -0.05) is 30.3 Å². The lowest BCUT2D eigenvalue weighted by Crippen LogP contribution is -2.51. The van der Waals surface area contributed by atoms with Crippen LogP contribution < -0.4 is 16.3 Å². The van der Waals surface area contributed by atoms with Gasteiger partial charge in [-0.15, -0.1) is 0 Å². The number of carboxylic acid groups (broad SMARTS) is 1. The fourth-order valence-corrected chi connectivity index (χ4v) is 6.89. The summed E-state index contributed by atoms with van der Waals surface area (Å²) in [5.41, 5.74) is 3.02. The number of hydrogen-bond acceptors (Lipinski definition) is 7. The monoisotopic (exact) mass is 627 g/mol. The average molecular weight is 628 g/mol. The normalized spacial score (nSPS) is 15.8. The molecule has 0 spiro atoms. The fourth-order valence-electron chi connectivity index (χ4n) is 6.89. The lowest BCUT2D eigenvalue weighted by molar-refractivity contribution is -0.148. The average Bonchev–Trinajstić information content (AvgIpc) is 3.44. The van der Waals surface area contributed by atoms with Crippen LogP contribution >= 0.6 is 0 Å². The van der Waals surface area contributed by atoms with Crippen LogP contribution in [0.1, 0.15) is 59.3 Å². The van der Waals surface area contributed by atoms with Crippen LogP contribution in [0.2, 0.25) is 0 Å². The molecule has 3 amide bonds. The summed E-state index contributed by atoms with van der Waals surface area (Å²) in [7, 11) is 0. The number of likely N-dealkylation sites (tertiary alicyclic amines) is 1. The van der Waals surface area contributed by atoms with E-state index in [0.717, 1.165) is 53.4 Å². The van der Waals surface area contributed by atoms with Crippen molar-refractivity contribution in [3.63, 3.8) is 0 Å². The Morgan fingerprint density at radius 2 is 1.54 bits per heavy atom. The molecule has 0 atom stereocenters. The zero-order valence-electron chi connectivity index (χ0n) is 26.0. The molecule has 240 valence electrons. The Kier molecular flexibility index (Phi) is 8.41. The molecular weight excluding hydrogens is 590 g/mol. The molecule has 2 aromatic carbocycles. The predicted octanol–water partition coefficient (Wildman–Crippen LogP) is 3.45. The summed E-state index contributed by atoms with van der Waals surface area (Å²) in [6.45, 7) is 3.50. The first-order valence-electron chi connectivity index (χ1n) is 15.7. The predicted molar refractivity (Wildman–Crippen MR) is 170 cm³/mol. The number of nitrogens with zero attached hydrogens (tertiary/aromatic N) is 1. The zero-order chi connectivity index (χ0) is 32.6. The number of carbonyl (C=O) groups is 4. The third-order valence-corrected chi connectivity index (χ3v) is 9.65. The Hall–Kier alpha value is -4.93. The smallest absolute Gasteiger partial charge is 0.340 e. The van der Waals surface area contributed by atoms with E-state index in [1.54, 1.807) is 36.1 Å². The largest absolute Gasteiger partial charge is 0.481 e. The van der Waals surface area contributed by atoms with Gasteiger partial charge in [0.1, 0.15) is 16.9 Å². The maximum absolute atomic E-state index is 13.0. The minimum atomic E-state index is -1.06. The third-order valence-electron chi connectivity index (χ3n) is 9.65. The highest BCUT2D eigenvalue weighted by atomic mass is 16.4. The molecule has 6 rings (SSSR count). The summed E-state index contributed by atoms with van der Waals surface area (Å²) in [6, 6.07) is 11.0. The molecule has 3 N–H and O–H groups in total. The maximum Gasteiger partial charge on any atom is 0.340 e. The van der Waals surface area contributed by atoms with Crippen molar-refractivity contribution >= 4 is 45.6 Å². The molecule has 0 radical (unpaired) electrons. The zero-order valence-corrected chi connectivity index (χ0v) is 26.0. The van der Waals surface area contributed by atoms with Gasteiger partial charge in [0, 0.05) is 41.4 Å². The molecule has 0 unspecified atom stereocenters. The summed E-state index contributed by atoms with van der Waals surface area (Å²) in [5, 5.41) is 16.8. The third kappa shape index (κ3) is 5.65. The molecule has 2 aromatic heterocycles. The van der Waals surface area contributed by atoms with Crippen molar-refractivity contribution in [3.05, 3.63) is 80.4 Å². The molecule has 3 heterocycles. The first-order valence-corrected chi connectivity index (χ1v) is 15.7. The van der Waals surface area contributed by atoms with Crippen LogP contribution in [0.3, 0.4) is 0 Å². The van der Waals surface area contributed by atoms with E-state index in [9.17, 15) is 29.1 Å². The van der Waals surface area contributed by atoms with E-state index in [-0.39, 0.29) is 56.9 Å². The number of piperidine rings is 1. The molecule has 4 aromatic rings. The molecule has 46 heavy (non-hydrogen) atoms. The number of benzene rings is 2. The van der Waals surface area contributed by atoms with Crippen LogP contribution in [0.15, 0.2) is 50.0 Å². The number of aryl methyl sites for hydroxylation is 4. The Labute approximate surface area is 264 Å². The Balaban J connectivity index is 1.04. The number of furan rings is 1. The van der Waals surface area contributed by atoms with Crippen LogP contribution in [0.4, 0.5) is 0 Å².